The van der Waals surface area contributed by atoms with Crippen LogP contribution in [-0.2, 0) is 28.3 Å². The molecule has 0 fully saturated rings. The van der Waals surface area contributed by atoms with E-state index in [1.807, 2.05) is 42.5 Å². The molecular formula is C20H19ClN2O3S. The van der Waals surface area contributed by atoms with Crippen LogP contribution in [-0.4, -0.2) is 21.2 Å². The zero-order chi connectivity index (χ0) is 19.2. The molecule has 1 amide bonds. The molecule has 2 aromatic carbocycles. The topological polar surface area (TPSA) is 78.2 Å². The summed E-state index contributed by atoms with van der Waals surface area (Å²) in [7, 11) is 0. The van der Waals surface area contributed by atoms with E-state index in [0.29, 0.717) is 28.9 Å². The zero-order valence-electron chi connectivity index (χ0n) is 14.8. The summed E-state index contributed by atoms with van der Waals surface area (Å²) >= 11 is 4.46. The molecule has 0 aliphatic rings. The average molecular weight is 403 g/mol. The van der Waals surface area contributed by atoms with Crippen molar-refractivity contribution in [2.24, 2.45) is 0 Å². The molecule has 5 nitrogen and oxygen atoms in total. The van der Waals surface area contributed by atoms with E-state index in [2.05, 4.69) is 10.3 Å². The van der Waals surface area contributed by atoms with Crippen molar-refractivity contribution >= 4 is 28.7 Å². The highest BCUT2D eigenvalue weighted by Crippen LogP contribution is 2.22. The van der Waals surface area contributed by atoms with Crippen LogP contribution in [0, 0.1) is 6.92 Å². The number of benzene rings is 2. The Bertz CT molecular complexity index is 897. The van der Waals surface area contributed by atoms with Gasteiger partial charge in [-0.2, -0.15) is 0 Å². The fourth-order valence-corrected chi connectivity index (χ4v) is 3.67. The van der Waals surface area contributed by atoms with E-state index < -0.39 is 11.2 Å². The van der Waals surface area contributed by atoms with E-state index in [0.717, 1.165) is 11.1 Å². The zero-order valence-corrected chi connectivity index (χ0v) is 16.3. The predicted octanol–water partition coefficient (Wildman–Crippen LogP) is 3.87. The Morgan fingerprint density at radius 1 is 1.19 bits per heavy atom. The molecule has 1 aromatic heterocycles. The Morgan fingerprint density at radius 3 is 2.59 bits per heavy atom. The molecule has 27 heavy (non-hydrogen) atoms. The van der Waals surface area contributed by atoms with Crippen LogP contribution in [0.1, 0.15) is 17.0 Å². The molecule has 0 aliphatic carbocycles. The highest BCUT2D eigenvalue weighted by atomic mass is 35.5. The molecule has 1 atom stereocenters. The fourth-order valence-electron chi connectivity index (χ4n) is 2.47. The first-order valence-electron chi connectivity index (χ1n) is 8.39. The smallest absolute Gasteiger partial charge is 0.270 e. The summed E-state index contributed by atoms with van der Waals surface area (Å²) in [6, 6.07) is 16.7. The summed E-state index contributed by atoms with van der Waals surface area (Å²) in [4.78, 5) is 16.4. The number of nitrogens with zero attached hydrogens (tertiary/aromatic N) is 1. The number of carbonyl (C=O) groups excluding carboxylic acids is 1. The molecule has 7 heteroatoms. The third-order valence-corrected chi connectivity index (χ3v) is 5.34. The molecule has 0 bridgehead atoms. The van der Waals surface area contributed by atoms with Crippen molar-refractivity contribution in [2.45, 2.75) is 19.2 Å². The van der Waals surface area contributed by atoms with Crippen molar-refractivity contribution in [1.82, 2.24) is 10.3 Å². The molecule has 140 valence electrons. The first-order chi connectivity index (χ1) is 13.0. The lowest BCUT2D eigenvalue weighted by molar-refractivity contribution is -0.118. The quantitative estimate of drug-likeness (QED) is 0.608. The van der Waals surface area contributed by atoms with Gasteiger partial charge in [-0.25, -0.2) is 4.98 Å². The van der Waals surface area contributed by atoms with Crippen molar-refractivity contribution in [3.05, 3.63) is 76.6 Å². The first kappa shape index (κ1) is 19.5. The molecule has 0 saturated carbocycles. The number of oxazole rings is 1. The number of hydrogen-bond acceptors (Lipinski definition) is 4. The molecular weight excluding hydrogens is 384 g/mol. The second-order valence-corrected chi connectivity index (χ2v) is 7.91. The van der Waals surface area contributed by atoms with E-state index in [-0.39, 0.29) is 17.4 Å². The van der Waals surface area contributed by atoms with Gasteiger partial charge in [-0.15, -0.1) is 0 Å². The third kappa shape index (κ3) is 5.60. The van der Waals surface area contributed by atoms with Crippen LogP contribution in [0.2, 0.25) is 5.02 Å². The van der Waals surface area contributed by atoms with Gasteiger partial charge >= 0.3 is 0 Å². The molecule has 1 unspecified atom stereocenters. The Morgan fingerprint density at radius 2 is 1.89 bits per heavy atom. The fraction of sp³-hybridized carbons (Fsp3) is 0.200. The van der Waals surface area contributed by atoms with Gasteiger partial charge in [0.1, 0.15) is 11.5 Å². The summed E-state index contributed by atoms with van der Waals surface area (Å²) < 4.78 is 18.0. The highest BCUT2D eigenvalue weighted by molar-refractivity contribution is 7.91. The Hall–Kier alpha value is -2.28. The van der Waals surface area contributed by atoms with E-state index in [1.54, 1.807) is 19.1 Å². The van der Waals surface area contributed by atoms with Crippen molar-refractivity contribution in [3.8, 4) is 11.5 Å². The minimum atomic E-state index is -1.37. The highest BCUT2D eigenvalue weighted by Gasteiger charge is 2.19. The monoisotopic (exact) mass is 402 g/mol. The number of aryl methyl sites for hydroxylation is 1. The van der Waals surface area contributed by atoms with E-state index >= 15 is 0 Å². The molecule has 1 N–H and O–H groups in total. The molecule has 0 aliphatic heterocycles. The summed E-state index contributed by atoms with van der Waals surface area (Å²) in [6.45, 7) is 2.15. The van der Waals surface area contributed by atoms with Crippen LogP contribution >= 0.6 is 11.6 Å². The summed E-state index contributed by atoms with van der Waals surface area (Å²) in [6.07, 6.45) is 0. The van der Waals surface area contributed by atoms with Crippen LogP contribution in [0.5, 0.6) is 0 Å². The van der Waals surface area contributed by atoms with Crippen molar-refractivity contribution in [1.29, 1.82) is 0 Å². The largest absolute Gasteiger partial charge is 0.616 e. The summed E-state index contributed by atoms with van der Waals surface area (Å²) in [5, 5.41) is 3.40. The van der Waals surface area contributed by atoms with Crippen LogP contribution < -0.4 is 5.32 Å². The maximum Gasteiger partial charge on any atom is 0.270 e. The number of hydrogen-bond donors (Lipinski definition) is 1. The molecule has 1 heterocycles. The second kappa shape index (κ2) is 9.08. The maximum absolute atomic E-state index is 12.3. The Labute approximate surface area is 165 Å². The van der Waals surface area contributed by atoms with Gasteiger partial charge in [-0.05, 0) is 47.9 Å². The number of carbonyl (C=O) groups is 1. The average Bonchev–Trinajstić information content (AvgIpc) is 3.02. The molecule has 0 radical (unpaired) electrons. The normalized spacial score (nSPS) is 12.0. The van der Waals surface area contributed by atoms with Gasteiger partial charge in [-0.1, -0.05) is 41.9 Å². The first-order valence-corrected chi connectivity index (χ1v) is 10.3. The number of rotatable bonds is 7. The van der Waals surface area contributed by atoms with Crippen LogP contribution in [0.3, 0.4) is 0 Å². The molecule has 3 aromatic rings. The SMILES string of the molecule is Cc1oc(-c2ccccc2)nc1C[S+]([O-])CC(=O)NCc1ccc(Cl)cc1. The lowest BCUT2D eigenvalue weighted by Gasteiger charge is -2.10. The van der Waals surface area contributed by atoms with Gasteiger partial charge in [-0.3, -0.25) is 4.79 Å². The maximum atomic E-state index is 12.3. The molecule has 0 spiro atoms. The number of halogens is 1. The second-order valence-electron chi connectivity index (χ2n) is 6.02. The lowest BCUT2D eigenvalue weighted by Crippen LogP contribution is -2.30. The van der Waals surface area contributed by atoms with Gasteiger partial charge in [0.25, 0.3) is 5.91 Å². The molecule has 3 rings (SSSR count). The predicted molar refractivity (Wildman–Crippen MR) is 107 cm³/mol. The van der Waals surface area contributed by atoms with Gasteiger partial charge in [0.05, 0.1) is 0 Å². The number of aromatic nitrogens is 1. The minimum absolute atomic E-state index is 0.0828. The number of nitrogens with one attached hydrogen (secondary N) is 1. The van der Waals surface area contributed by atoms with Crippen LogP contribution in [0.15, 0.2) is 59.0 Å². The number of amides is 1. The van der Waals surface area contributed by atoms with E-state index in [9.17, 15) is 9.35 Å². The van der Waals surface area contributed by atoms with Crippen LogP contribution in [0.4, 0.5) is 0 Å². The lowest BCUT2D eigenvalue weighted by atomic mass is 10.2. The van der Waals surface area contributed by atoms with Crippen molar-refractivity contribution < 1.29 is 13.8 Å². The Kier molecular flexibility index (Phi) is 6.55. The standard InChI is InChI=1S/C20H19ClN2O3S/c1-14-18(23-20(26-14)16-5-3-2-4-6-16)12-27(25)13-19(24)22-11-15-7-9-17(21)10-8-15/h2-10H,11-13H2,1H3,(H,22,24). The minimum Gasteiger partial charge on any atom is -0.616 e. The van der Waals surface area contributed by atoms with Crippen molar-refractivity contribution in [3.63, 3.8) is 0 Å². The van der Waals surface area contributed by atoms with Gasteiger partial charge in [0.15, 0.2) is 11.5 Å². The summed E-state index contributed by atoms with van der Waals surface area (Å²) in [5.41, 5.74) is 2.40. The third-order valence-electron chi connectivity index (χ3n) is 3.91. The van der Waals surface area contributed by atoms with Gasteiger partial charge < -0.3 is 14.3 Å². The summed E-state index contributed by atoms with van der Waals surface area (Å²) in [5.74, 6) is 0.931. The Balaban J connectivity index is 1.53. The van der Waals surface area contributed by atoms with E-state index in [4.69, 9.17) is 16.0 Å². The van der Waals surface area contributed by atoms with Gasteiger partial charge in [0, 0.05) is 17.1 Å². The molecule has 0 saturated heterocycles. The van der Waals surface area contributed by atoms with Gasteiger partial charge in [0.2, 0.25) is 5.89 Å². The van der Waals surface area contributed by atoms with Crippen molar-refractivity contribution in [2.75, 3.05) is 5.75 Å². The van der Waals surface area contributed by atoms with Crippen LogP contribution in [0.25, 0.3) is 11.5 Å². The van der Waals surface area contributed by atoms with E-state index in [1.165, 1.54) is 0 Å².